The van der Waals surface area contributed by atoms with E-state index >= 15 is 0 Å². The van der Waals surface area contributed by atoms with Crippen LogP contribution in [0.1, 0.15) is 20.8 Å². The van der Waals surface area contributed by atoms with E-state index in [1.807, 2.05) is 36.4 Å². The molecule has 0 aliphatic heterocycles. The van der Waals surface area contributed by atoms with Gasteiger partial charge in [0.15, 0.2) is 6.61 Å². The van der Waals surface area contributed by atoms with Crippen molar-refractivity contribution in [2.24, 2.45) is 0 Å². The van der Waals surface area contributed by atoms with E-state index in [-0.39, 0.29) is 24.0 Å². The fourth-order valence-corrected chi connectivity index (χ4v) is 4.20. The Morgan fingerprint density at radius 1 is 1.05 bits per heavy atom. The molecule has 0 aliphatic rings. The van der Waals surface area contributed by atoms with Crippen molar-refractivity contribution in [2.75, 3.05) is 26.4 Å². The number of ether oxygens (including phenoxy) is 1. The molecule has 0 spiro atoms. The maximum Gasteiger partial charge on any atom is 0.259 e. The summed E-state index contributed by atoms with van der Waals surface area (Å²) in [5.41, 5.74) is 10.5. The zero-order valence-corrected chi connectivity index (χ0v) is 22.0. The number of amides is 1. The molecular weight excluding hydrogens is 482 g/mol. The monoisotopic (exact) mass is 511 g/mol. The van der Waals surface area contributed by atoms with Gasteiger partial charge in [-0.1, -0.05) is 6.07 Å². The number of carbonyl (C=O) groups is 1. The first kappa shape index (κ1) is 24.9. The second-order valence-electron chi connectivity index (χ2n) is 10.1. The van der Waals surface area contributed by atoms with Crippen LogP contribution in [0.3, 0.4) is 0 Å². The summed E-state index contributed by atoms with van der Waals surface area (Å²) in [5.74, 6) is 1.37. The largest absolute Gasteiger partial charge is 0.484 e. The van der Waals surface area contributed by atoms with Crippen molar-refractivity contribution in [1.29, 1.82) is 0 Å². The Morgan fingerprint density at radius 3 is 2.47 bits per heavy atom. The third kappa shape index (κ3) is 4.77. The molecule has 2 aromatic carbocycles. The summed E-state index contributed by atoms with van der Waals surface area (Å²) in [7, 11) is 3.39. The highest BCUT2D eigenvalue weighted by atomic mass is 16.5. The summed E-state index contributed by atoms with van der Waals surface area (Å²) < 4.78 is 9.73. The molecule has 11 heteroatoms. The molecule has 3 heterocycles. The van der Waals surface area contributed by atoms with Crippen LogP contribution < -0.4 is 10.5 Å². The SMILES string of the molecule is CN(C)C(=O)COc1ccc(-n2cncn2)c(-c2nc3cc(-c4cnc(N)nc4)ccc3n2C(C)(C)C)c1. The average Bonchev–Trinajstić information content (AvgIpc) is 3.55. The van der Waals surface area contributed by atoms with Crippen LogP contribution in [0.25, 0.3) is 39.2 Å². The van der Waals surface area contributed by atoms with Gasteiger partial charge in [-0.25, -0.2) is 24.6 Å². The molecule has 0 saturated heterocycles. The van der Waals surface area contributed by atoms with Gasteiger partial charge < -0.3 is 19.9 Å². The van der Waals surface area contributed by atoms with Gasteiger partial charge in [-0.2, -0.15) is 5.10 Å². The van der Waals surface area contributed by atoms with Gasteiger partial charge in [0.2, 0.25) is 5.95 Å². The number of nitrogens with two attached hydrogens (primary N) is 1. The second kappa shape index (κ2) is 9.58. The molecule has 194 valence electrons. The number of imidazole rings is 1. The van der Waals surface area contributed by atoms with Gasteiger partial charge in [-0.3, -0.25) is 4.79 Å². The summed E-state index contributed by atoms with van der Waals surface area (Å²) in [6.07, 6.45) is 6.52. The Morgan fingerprint density at radius 2 is 1.82 bits per heavy atom. The molecule has 38 heavy (non-hydrogen) atoms. The highest BCUT2D eigenvalue weighted by Crippen LogP contribution is 2.37. The zero-order valence-electron chi connectivity index (χ0n) is 22.0. The van der Waals surface area contributed by atoms with Crippen molar-refractivity contribution in [3.8, 4) is 34.0 Å². The van der Waals surface area contributed by atoms with Crippen molar-refractivity contribution >= 4 is 22.9 Å². The van der Waals surface area contributed by atoms with Crippen LogP contribution in [0.2, 0.25) is 0 Å². The second-order valence-corrected chi connectivity index (χ2v) is 10.1. The predicted molar refractivity (Wildman–Crippen MR) is 145 cm³/mol. The fourth-order valence-electron chi connectivity index (χ4n) is 4.20. The van der Waals surface area contributed by atoms with Gasteiger partial charge in [-0.15, -0.1) is 0 Å². The molecule has 0 unspecified atom stereocenters. The first-order valence-corrected chi connectivity index (χ1v) is 12.0. The Labute approximate surface area is 219 Å². The number of benzene rings is 2. The number of rotatable bonds is 6. The molecule has 0 fully saturated rings. The topological polar surface area (TPSA) is 130 Å². The first-order valence-electron chi connectivity index (χ1n) is 12.0. The number of carbonyl (C=O) groups excluding carboxylic acids is 1. The summed E-state index contributed by atoms with van der Waals surface area (Å²) >= 11 is 0. The number of hydrogen-bond donors (Lipinski definition) is 1. The molecule has 0 radical (unpaired) electrons. The van der Waals surface area contributed by atoms with Crippen molar-refractivity contribution in [3.63, 3.8) is 0 Å². The average molecular weight is 512 g/mol. The minimum atomic E-state index is -0.312. The number of aromatic nitrogens is 7. The number of nitrogen functional groups attached to an aromatic ring is 1. The van der Waals surface area contributed by atoms with Crippen molar-refractivity contribution in [2.45, 2.75) is 26.3 Å². The van der Waals surface area contributed by atoms with Gasteiger partial charge in [0.05, 0.1) is 16.7 Å². The van der Waals surface area contributed by atoms with Crippen LogP contribution in [0.4, 0.5) is 5.95 Å². The highest BCUT2D eigenvalue weighted by Gasteiger charge is 2.25. The van der Waals surface area contributed by atoms with Gasteiger partial charge >= 0.3 is 0 Å². The highest BCUT2D eigenvalue weighted by molar-refractivity contribution is 5.87. The third-order valence-electron chi connectivity index (χ3n) is 6.07. The maximum atomic E-state index is 12.1. The third-order valence-corrected chi connectivity index (χ3v) is 6.07. The van der Waals surface area contributed by atoms with E-state index in [1.165, 1.54) is 11.2 Å². The molecule has 0 saturated carbocycles. The summed E-state index contributed by atoms with van der Waals surface area (Å²) in [4.78, 5) is 31.1. The molecule has 0 aliphatic carbocycles. The van der Waals surface area contributed by atoms with E-state index in [4.69, 9.17) is 15.5 Å². The van der Waals surface area contributed by atoms with Crippen LogP contribution in [0.5, 0.6) is 5.75 Å². The molecule has 0 bridgehead atoms. The Hall–Kier alpha value is -4.80. The maximum absolute atomic E-state index is 12.1. The number of anilines is 1. The summed E-state index contributed by atoms with van der Waals surface area (Å²) in [6.45, 7) is 6.32. The summed E-state index contributed by atoms with van der Waals surface area (Å²) in [6, 6.07) is 11.7. The van der Waals surface area contributed by atoms with Crippen LogP contribution in [-0.4, -0.2) is 65.8 Å². The molecular formula is C27H29N9O2. The number of likely N-dealkylation sites (N-methyl/N-ethyl adjacent to an activating group) is 1. The van der Waals surface area contributed by atoms with Crippen LogP contribution in [0.15, 0.2) is 61.4 Å². The molecule has 5 aromatic rings. The zero-order chi connectivity index (χ0) is 27.0. The number of fused-ring (bicyclic) bond motifs is 1. The smallest absolute Gasteiger partial charge is 0.259 e. The molecule has 2 N–H and O–H groups in total. The van der Waals surface area contributed by atoms with Gasteiger partial charge in [0, 0.05) is 43.2 Å². The lowest BCUT2D eigenvalue weighted by atomic mass is 10.0. The van der Waals surface area contributed by atoms with Crippen LogP contribution >= 0.6 is 0 Å². The quantitative estimate of drug-likeness (QED) is 0.366. The molecule has 5 rings (SSSR count). The summed E-state index contributed by atoms with van der Waals surface area (Å²) in [5, 5.41) is 4.35. The van der Waals surface area contributed by atoms with Crippen LogP contribution in [-0.2, 0) is 10.3 Å². The normalized spacial score (nSPS) is 11.6. The molecule has 11 nitrogen and oxygen atoms in total. The van der Waals surface area contributed by atoms with Gasteiger partial charge in [0.25, 0.3) is 5.91 Å². The van der Waals surface area contributed by atoms with Gasteiger partial charge in [-0.05, 0) is 56.7 Å². The Kier molecular flexibility index (Phi) is 6.27. The number of nitrogens with zero attached hydrogens (tertiary/aromatic N) is 8. The number of hydrogen-bond acceptors (Lipinski definition) is 8. The van der Waals surface area contributed by atoms with Crippen molar-refractivity contribution < 1.29 is 9.53 Å². The minimum Gasteiger partial charge on any atom is -0.484 e. The first-order chi connectivity index (χ1) is 18.1. The predicted octanol–water partition coefficient (Wildman–Crippen LogP) is 3.55. The van der Waals surface area contributed by atoms with E-state index in [9.17, 15) is 4.79 Å². The van der Waals surface area contributed by atoms with Gasteiger partial charge in [0.1, 0.15) is 24.2 Å². The lowest BCUT2D eigenvalue weighted by Gasteiger charge is -2.25. The van der Waals surface area contributed by atoms with E-state index in [0.29, 0.717) is 5.75 Å². The lowest BCUT2D eigenvalue weighted by molar-refractivity contribution is -0.130. The minimum absolute atomic E-state index is 0.0716. The standard InChI is InChI=1S/C27H29N9O2/c1-27(2,3)36-23-8-6-17(18-12-30-26(28)31-13-18)10-21(23)33-25(36)20-11-19(38-14-24(37)34(4)5)7-9-22(20)35-16-29-15-32-35/h6-13,15-16H,14H2,1-5H3,(H2,28,30,31). The van der Waals surface area contributed by atoms with E-state index in [2.05, 4.69) is 45.4 Å². The molecule has 1 amide bonds. The van der Waals surface area contributed by atoms with Crippen molar-refractivity contribution in [1.82, 2.24) is 39.2 Å². The van der Waals surface area contributed by atoms with Crippen molar-refractivity contribution in [3.05, 3.63) is 61.4 Å². The fraction of sp³-hybridized carbons (Fsp3) is 0.259. The van der Waals surface area contributed by atoms with E-state index in [0.717, 1.165) is 39.2 Å². The lowest BCUT2D eigenvalue weighted by Crippen LogP contribution is -2.27. The van der Waals surface area contributed by atoms with Crippen LogP contribution in [0, 0.1) is 0 Å². The molecule has 0 atom stereocenters. The van der Waals surface area contributed by atoms with E-state index in [1.54, 1.807) is 37.5 Å². The Balaban J connectivity index is 1.69. The Bertz CT molecular complexity index is 1600. The van der Waals surface area contributed by atoms with E-state index < -0.39 is 0 Å². The molecule has 3 aromatic heterocycles.